The maximum Gasteiger partial charge on any atom is 0.255 e. The normalized spacial score (nSPS) is 19.2. The SMILES string of the molecule is Cc1nn(Cc2ccc(Cl)cc2)c(C)c1C(=O)NCC1CNCC1O.Cl. The van der Waals surface area contributed by atoms with Crippen LogP contribution in [0.5, 0.6) is 0 Å². The minimum atomic E-state index is -0.407. The summed E-state index contributed by atoms with van der Waals surface area (Å²) in [4.78, 5) is 12.6. The summed E-state index contributed by atoms with van der Waals surface area (Å²) >= 11 is 5.92. The summed E-state index contributed by atoms with van der Waals surface area (Å²) in [6.45, 7) is 6.08. The fourth-order valence-corrected chi connectivity index (χ4v) is 3.31. The molecule has 26 heavy (non-hydrogen) atoms. The number of hydrogen-bond donors (Lipinski definition) is 3. The molecule has 2 heterocycles. The van der Waals surface area contributed by atoms with E-state index in [1.165, 1.54) is 0 Å². The van der Waals surface area contributed by atoms with Gasteiger partial charge in [0.1, 0.15) is 0 Å². The van der Waals surface area contributed by atoms with Crippen LogP contribution in [0.2, 0.25) is 5.02 Å². The van der Waals surface area contributed by atoms with Gasteiger partial charge in [-0.05, 0) is 31.5 Å². The highest BCUT2D eigenvalue weighted by molar-refractivity contribution is 6.30. The zero-order chi connectivity index (χ0) is 18.0. The second-order valence-corrected chi connectivity index (χ2v) is 6.96. The van der Waals surface area contributed by atoms with Gasteiger partial charge in [-0.2, -0.15) is 5.10 Å². The number of carbonyl (C=O) groups is 1. The molecule has 2 unspecified atom stereocenters. The third kappa shape index (κ3) is 4.57. The molecule has 1 aromatic carbocycles. The molecule has 6 nitrogen and oxygen atoms in total. The van der Waals surface area contributed by atoms with Gasteiger partial charge in [-0.1, -0.05) is 23.7 Å². The summed E-state index contributed by atoms with van der Waals surface area (Å²) in [7, 11) is 0. The van der Waals surface area contributed by atoms with E-state index >= 15 is 0 Å². The average molecular weight is 399 g/mol. The molecule has 1 amide bonds. The van der Waals surface area contributed by atoms with E-state index in [1.807, 2.05) is 42.8 Å². The topological polar surface area (TPSA) is 79.2 Å². The fraction of sp³-hybridized carbons (Fsp3) is 0.444. The number of hydrogen-bond acceptors (Lipinski definition) is 4. The molecule has 0 aliphatic carbocycles. The van der Waals surface area contributed by atoms with Crippen LogP contribution >= 0.6 is 24.0 Å². The zero-order valence-electron chi connectivity index (χ0n) is 14.8. The molecule has 0 radical (unpaired) electrons. The second kappa shape index (κ2) is 8.86. The van der Waals surface area contributed by atoms with Crippen LogP contribution in [0.3, 0.4) is 0 Å². The highest BCUT2D eigenvalue weighted by Crippen LogP contribution is 2.17. The van der Waals surface area contributed by atoms with Crippen molar-refractivity contribution in [2.45, 2.75) is 26.5 Å². The number of nitrogens with one attached hydrogen (secondary N) is 2. The van der Waals surface area contributed by atoms with E-state index in [0.717, 1.165) is 17.8 Å². The van der Waals surface area contributed by atoms with E-state index < -0.39 is 6.10 Å². The quantitative estimate of drug-likeness (QED) is 0.718. The van der Waals surface area contributed by atoms with Crippen molar-refractivity contribution in [3.8, 4) is 0 Å². The molecule has 0 saturated carbocycles. The molecule has 142 valence electrons. The Balaban J connectivity index is 0.00000243. The lowest BCUT2D eigenvalue weighted by Gasteiger charge is -2.14. The first kappa shape index (κ1) is 20.7. The lowest BCUT2D eigenvalue weighted by atomic mass is 10.1. The standard InChI is InChI=1S/C18H23ClN4O2.ClH/c1-11-17(18(25)21-8-14-7-20-9-16(14)24)12(2)23(22-11)10-13-3-5-15(19)6-4-13;/h3-6,14,16,20,24H,7-10H2,1-2H3,(H,21,25);1H. The van der Waals surface area contributed by atoms with Crippen LogP contribution in [0.15, 0.2) is 24.3 Å². The smallest absolute Gasteiger partial charge is 0.255 e. The Morgan fingerprint density at radius 1 is 1.35 bits per heavy atom. The number of aliphatic hydroxyl groups is 1. The summed E-state index contributed by atoms with van der Waals surface area (Å²) in [5, 5.41) is 21.1. The van der Waals surface area contributed by atoms with E-state index in [2.05, 4.69) is 15.7 Å². The van der Waals surface area contributed by atoms with E-state index in [9.17, 15) is 9.90 Å². The molecule has 8 heteroatoms. The third-order valence-electron chi connectivity index (χ3n) is 4.68. The molecule has 3 rings (SSSR count). The van der Waals surface area contributed by atoms with Crippen LogP contribution < -0.4 is 10.6 Å². The van der Waals surface area contributed by atoms with Crippen LogP contribution in [0.4, 0.5) is 0 Å². The highest BCUT2D eigenvalue weighted by atomic mass is 35.5. The van der Waals surface area contributed by atoms with Crippen LogP contribution in [0.25, 0.3) is 0 Å². The van der Waals surface area contributed by atoms with E-state index in [1.54, 1.807) is 0 Å². The first-order valence-electron chi connectivity index (χ1n) is 8.41. The molecule has 2 aromatic rings. The minimum Gasteiger partial charge on any atom is -0.391 e. The van der Waals surface area contributed by atoms with Crippen LogP contribution in [0.1, 0.15) is 27.3 Å². The van der Waals surface area contributed by atoms with Crippen molar-refractivity contribution in [2.75, 3.05) is 19.6 Å². The summed E-state index contributed by atoms with van der Waals surface area (Å²) < 4.78 is 1.83. The molecular weight excluding hydrogens is 375 g/mol. The van der Waals surface area contributed by atoms with Gasteiger partial charge in [-0.3, -0.25) is 9.48 Å². The van der Waals surface area contributed by atoms with Crippen molar-refractivity contribution in [2.24, 2.45) is 5.92 Å². The van der Waals surface area contributed by atoms with Gasteiger partial charge >= 0.3 is 0 Å². The summed E-state index contributed by atoms with van der Waals surface area (Å²) in [5.41, 5.74) is 3.21. The third-order valence-corrected chi connectivity index (χ3v) is 4.94. The number of β-amino-alcohol motifs (C(OH)–C–C–N with tert-alkyl or cyclic N) is 1. The molecule has 1 aliphatic heterocycles. The van der Waals surface area contributed by atoms with E-state index in [0.29, 0.717) is 35.9 Å². The predicted molar refractivity (Wildman–Crippen MR) is 104 cm³/mol. The molecule has 2 atom stereocenters. The molecular formula is C18H24Cl2N4O2. The van der Waals surface area contributed by atoms with Gasteiger partial charge in [0.25, 0.3) is 5.91 Å². The number of aromatic nitrogens is 2. The molecule has 3 N–H and O–H groups in total. The lowest BCUT2D eigenvalue weighted by Crippen LogP contribution is -2.34. The molecule has 1 saturated heterocycles. The Bertz CT molecular complexity index is 761. The summed E-state index contributed by atoms with van der Waals surface area (Å²) in [6.07, 6.45) is -0.407. The van der Waals surface area contributed by atoms with Crippen molar-refractivity contribution in [3.05, 3.63) is 51.8 Å². The predicted octanol–water partition coefficient (Wildman–Crippen LogP) is 1.93. The van der Waals surface area contributed by atoms with Gasteiger partial charge in [0.15, 0.2) is 0 Å². The Morgan fingerprint density at radius 2 is 2.04 bits per heavy atom. The number of benzene rings is 1. The average Bonchev–Trinajstić information content (AvgIpc) is 3.11. The van der Waals surface area contributed by atoms with Crippen molar-refractivity contribution >= 4 is 29.9 Å². The van der Waals surface area contributed by atoms with E-state index in [4.69, 9.17) is 11.6 Å². The molecule has 0 bridgehead atoms. The van der Waals surface area contributed by atoms with Crippen LogP contribution in [-0.4, -0.2) is 46.5 Å². The Kier molecular flexibility index (Phi) is 7.06. The summed E-state index contributed by atoms with van der Waals surface area (Å²) in [5.74, 6) is -0.0925. The number of amides is 1. The van der Waals surface area contributed by atoms with Crippen molar-refractivity contribution in [3.63, 3.8) is 0 Å². The Morgan fingerprint density at radius 3 is 2.65 bits per heavy atom. The maximum atomic E-state index is 12.6. The number of rotatable bonds is 5. The van der Waals surface area contributed by atoms with Gasteiger partial charge < -0.3 is 15.7 Å². The molecule has 1 aromatic heterocycles. The van der Waals surface area contributed by atoms with Gasteiger partial charge in [0.05, 0.1) is 23.9 Å². The van der Waals surface area contributed by atoms with E-state index in [-0.39, 0.29) is 24.2 Å². The molecule has 1 aliphatic rings. The Hall–Kier alpha value is -1.60. The van der Waals surface area contributed by atoms with Gasteiger partial charge in [0, 0.05) is 36.3 Å². The second-order valence-electron chi connectivity index (χ2n) is 6.53. The minimum absolute atomic E-state index is 0. The largest absolute Gasteiger partial charge is 0.391 e. The lowest BCUT2D eigenvalue weighted by molar-refractivity contribution is 0.0925. The maximum absolute atomic E-state index is 12.6. The Labute approximate surface area is 164 Å². The number of nitrogens with zero attached hydrogens (tertiary/aromatic N) is 2. The van der Waals surface area contributed by atoms with Crippen LogP contribution in [-0.2, 0) is 6.54 Å². The first-order chi connectivity index (χ1) is 12.0. The molecule has 0 spiro atoms. The first-order valence-corrected chi connectivity index (χ1v) is 8.79. The van der Waals surface area contributed by atoms with Crippen molar-refractivity contribution < 1.29 is 9.90 Å². The van der Waals surface area contributed by atoms with Gasteiger partial charge in [0.2, 0.25) is 0 Å². The number of aliphatic hydroxyl groups excluding tert-OH is 1. The number of halogens is 2. The highest BCUT2D eigenvalue weighted by Gasteiger charge is 2.26. The number of carbonyl (C=O) groups excluding carboxylic acids is 1. The van der Waals surface area contributed by atoms with Crippen molar-refractivity contribution in [1.82, 2.24) is 20.4 Å². The number of aryl methyl sites for hydroxylation is 1. The summed E-state index contributed by atoms with van der Waals surface area (Å²) in [6, 6.07) is 7.59. The fourth-order valence-electron chi connectivity index (χ4n) is 3.18. The van der Waals surface area contributed by atoms with Gasteiger partial charge in [-0.25, -0.2) is 0 Å². The monoisotopic (exact) mass is 398 g/mol. The zero-order valence-corrected chi connectivity index (χ0v) is 16.4. The van der Waals surface area contributed by atoms with Gasteiger partial charge in [-0.15, -0.1) is 12.4 Å². The molecule has 1 fully saturated rings. The van der Waals surface area contributed by atoms with Crippen LogP contribution in [0, 0.1) is 19.8 Å². The van der Waals surface area contributed by atoms with Crippen molar-refractivity contribution in [1.29, 1.82) is 0 Å².